The molecule has 1 saturated heterocycles. The van der Waals surface area contributed by atoms with Crippen LogP contribution in [0.5, 0.6) is 11.5 Å². The number of amides is 2. The molecule has 2 amide bonds. The lowest BCUT2D eigenvalue weighted by atomic mass is 10.1. The van der Waals surface area contributed by atoms with Crippen molar-refractivity contribution in [3.63, 3.8) is 0 Å². The third-order valence-corrected chi connectivity index (χ3v) is 3.69. The molecule has 132 valence electrons. The summed E-state index contributed by atoms with van der Waals surface area (Å²) in [7, 11) is 0. The van der Waals surface area contributed by atoms with Crippen LogP contribution in [0.15, 0.2) is 23.8 Å². The summed E-state index contributed by atoms with van der Waals surface area (Å²) >= 11 is 0. The van der Waals surface area contributed by atoms with Gasteiger partial charge in [-0.05, 0) is 43.5 Å². The van der Waals surface area contributed by atoms with Crippen molar-refractivity contribution in [1.82, 2.24) is 4.90 Å². The highest BCUT2D eigenvalue weighted by Crippen LogP contribution is 2.29. The Bertz CT molecular complexity index is 716. The van der Waals surface area contributed by atoms with Crippen LogP contribution in [0.4, 0.5) is 0 Å². The number of nitriles is 1. The van der Waals surface area contributed by atoms with E-state index >= 15 is 0 Å². The summed E-state index contributed by atoms with van der Waals surface area (Å²) in [4.78, 5) is 24.9. The van der Waals surface area contributed by atoms with Crippen molar-refractivity contribution in [2.24, 2.45) is 5.73 Å². The van der Waals surface area contributed by atoms with Crippen LogP contribution in [0.3, 0.4) is 0 Å². The Morgan fingerprint density at radius 2 is 2.00 bits per heavy atom. The highest BCUT2D eigenvalue weighted by Gasteiger charge is 2.21. The first-order valence-corrected chi connectivity index (χ1v) is 8.14. The van der Waals surface area contributed by atoms with E-state index in [1.54, 1.807) is 23.1 Å². The number of benzene rings is 1. The van der Waals surface area contributed by atoms with Gasteiger partial charge in [0.1, 0.15) is 11.6 Å². The summed E-state index contributed by atoms with van der Waals surface area (Å²) in [5, 5.41) is 9.32. The number of ether oxygens (including phenoxy) is 2. The van der Waals surface area contributed by atoms with E-state index in [-0.39, 0.29) is 18.1 Å². The Balaban J connectivity index is 2.24. The number of hydrogen-bond donors (Lipinski definition) is 1. The molecular formula is C18H21N3O4. The summed E-state index contributed by atoms with van der Waals surface area (Å²) < 4.78 is 10.8. The van der Waals surface area contributed by atoms with Crippen molar-refractivity contribution in [2.75, 3.05) is 26.3 Å². The minimum atomic E-state index is -0.589. The Morgan fingerprint density at radius 1 is 1.28 bits per heavy atom. The first kappa shape index (κ1) is 18.3. The fourth-order valence-corrected chi connectivity index (χ4v) is 2.55. The van der Waals surface area contributed by atoms with Crippen LogP contribution in [-0.2, 0) is 9.59 Å². The molecule has 2 rings (SSSR count). The first-order valence-electron chi connectivity index (χ1n) is 8.14. The van der Waals surface area contributed by atoms with Gasteiger partial charge in [0.05, 0.1) is 6.61 Å². The molecule has 1 aliphatic rings. The van der Waals surface area contributed by atoms with E-state index in [4.69, 9.17) is 15.2 Å². The quantitative estimate of drug-likeness (QED) is 0.596. The monoisotopic (exact) mass is 343 g/mol. The van der Waals surface area contributed by atoms with Gasteiger partial charge < -0.3 is 20.1 Å². The Labute approximate surface area is 146 Å². The van der Waals surface area contributed by atoms with Gasteiger partial charge in [0, 0.05) is 13.1 Å². The number of primary amides is 1. The molecule has 0 aromatic heterocycles. The maximum Gasteiger partial charge on any atom is 0.264 e. The van der Waals surface area contributed by atoms with Gasteiger partial charge in [-0.15, -0.1) is 0 Å². The second-order valence-electron chi connectivity index (χ2n) is 5.56. The maximum atomic E-state index is 12.4. The Hall–Kier alpha value is -3.01. The average molecular weight is 343 g/mol. The molecule has 1 aromatic carbocycles. The molecule has 1 aliphatic heterocycles. The summed E-state index contributed by atoms with van der Waals surface area (Å²) in [6, 6.07) is 6.94. The first-order chi connectivity index (χ1) is 12.0. The zero-order valence-corrected chi connectivity index (χ0v) is 14.2. The molecule has 7 nitrogen and oxygen atoms in total. The van der Waals surface area contributed by atoms with Gasteiger partial charge in [-0.2, -0.15) is 5.26 Å². The lowest BCUT2D eigenvalue weighted by Crippen LogP contribution is -2.28. The van der Waals surface area contributed by atoms with E-state index < -0.39 is 5.91 Å². The molecule has 0 aliphatic carbocycles. The van der Waals surface area contributed by atoms with E-state index in [1.165, 1.54) is 6.08 Å². The van der Waals surface area contributed by atoms with E-state index in [1.807, 2.05) is 13.0 Å². The van der Waals surface area contributed by atoms with Crippen LogP contribution >= 0.6 is 0 Å². The third kappa shape index (κ3) is 4.98. The zero-order chi connectivity index (χ0) is 18.2. The SMILES string of the molecule is CCOc1cc(/C=C(\C#N)C(=O)N2CCCC2)ccc1OCC(N)=O. The zero-order valence-electron chi connectivity index (χ0n) is 14.2. The van der Waals surface area contributed by atoms with Crippen LogP contribution in [0, 0.1) is 11.3 Å². The highest BCUT2D eigenvalue weighted by atomic mass is 16.5. The number of carbonyl (C=O) groups excluding carboxylic acids is 2. The topological polar surface area (TPSA) is 106 Å². The average Bonchev–Trinajstić information content (AvgIpc) is 3.13. The molecule has 7 heteroatoms. The van der Waals surface area contributed by atoms with Gasteiger partial charge in [0.2, 0.25) is 0 Å². The van der Waals surface area contributed by atoms with Crippen molar-refractivity contribution in [1.29, 1.82) is 5.26 Å². The van der Waals surface area contributed by atoms with Gasteiger partial charge in [-0.25, -0.2) is 0 Å². The molecule has 0 radical (unpaired) electrons. The highest BCUT2D eigenvalue weighted by molar-refractivity contribution is 6.01. The summed E-state index contributed by atoms with van der Waals surface area (Å²) in [6.45, 7) is 3.33. The van der Waals surface area contributed by atoms with E-state index in [9.17, 15) is 14.9 Å². The molecule has 0 saturated carbocycles. The van der Waals surface area contributed by atoms with Crippen LogP contribution in [-0.4, -0.2) is 43.0 Å². The van der Waals surface area contributed by atoms with Gasteiger partial charge in [-0.3, -0.25) is 9.59 Å². The number of hydrogen-bond acceptors (Lipinski definition) is 5. The molecule has 0 unspecified atom stereocenters. The van der Waals surface area contributed by atoms with Crippen LogP contribution in [0.2, 0.25) is 0 Å². The second kappa shape index (κ2) is 8.73. The predicted molar refractivity (Wildman–Crippen MR) is 91.7 cm³/mol. The maximum absolute atomic E-state index is 12.4. The third-order valence-electron chi connectivity index (χ3n) is 3.69. The number of nitrogens with two attached hydrogens (primary N) is 1. The number of likely N-dealkylation sites (tertiary alicyclic amines) is 1. The largest absolute Gasteiger partial charge is 0.490 e. The second-order valence-corrected chi connectivity index (χ2v) is 5.56. The van der Waals surface area contributed by atoms with Crippen molar-refractivity contribution in [3.05, 3.63) is 29.3 Å². The summed E-state index contributed by atoms with van der Waals surface area (Å²) in [5.74, 6) is -0.0491. The van der Waals surface area contributed by atoms with Gasteiger partial charge >= 0.3 is 0 Å². The fourth-order valence-electron chi connectivity index (χ4n) is 2.55. The predicted octanol–water partition coefficient (Wildman–Crippen LogP) is 1.48. The van der Waals surface area contributed by atoms with Crippen LogP contribution in [0.25, 0.3) is 6.08 Å². The fraction of sp³-hybridized carbons (Fsp3) is 0.389. The van der Waals surface area contributed by atoms with Crippen LogP contribution in [0.1, 0.15) is 25.3 Å². The Morgan fingerprint density at radius 3 is 2.60 bits per heavy atom. The molecular weight excluding hydrogens is 322 g/mol. The summed E-state index contributed by atoms with van der Waals surface area (Å²) in [5.41, 5.74) is 5.80. The Kier molecular flexibility index (Phi) is 6.40. The molecule has 1 heterocycles. The standard InChI is InChI=1S/C18H21N3O4/c1-2-24-16-10-13(5-6-15(16)25-12-17(20)22)9-14(11-19)18(23)21-7-3-4-8-21/h5-6,9-10H,2-4,7-8,12H2,1H3,(H2,20,22)/b14-9+. The minimum Gasteiger partial charge on any atom is -0.490 e. The van der Waals surface area contributed by atoms with E-state index in [0.717, 1.165) is 12.8 Å². The van der Waals surface area contributed by atoms with Gasteiger partial charge in [0.15, 0.2) is 18.1 Å². The lowest BCUT2D eigenvalue weighted by Gasteiger charge is -2.14. The van der Waals surface area contributed by atoms with Gasteiger partial charge in [-0.1, -0.05) is 6.07 Å². The molecule has 0 spiro atoms. The molecule has 1 aromatic rings. The number of nitrogens with zero attached hydrogens (tertiary/aromatic N) is 2. The smallest absolute Gasteiger partial charge is 0.264 e. The van der Waals surface area contributed by atoms with Crippen molar-refractivity contribution < 1.29 is 19.1 Å². The number of rotatable bonds is 7. The summed E-state index contributed by atoms with van der Waals surface area (Å²) in [6.07, 6.45) is 3.46. The van der Waals surface area contributed by atoms with E-state index in [2.05, 4.69) is 0 Å². The molecule has 25 heavy (non-hydrogen) atoms. The van der Waals surface area contributed by atoms with Crippen molar-refractivity contribution >= 4 is 17.9 Å². The normalized spacial score (nSPS) is 14.1. The van der Waals surface area contributed by atoms with Gasteiger partial charge in [0.25, 0.3) is 11.8 Å². The molecule has 1 fully saturated rings. The lowest BCUT2D eigenvalue weighted by molar-refractivity contribution is -0.125. The van der Waals surface area contributed by atoms with E-state index in [0.29, 0.717) is 36.8 Å². The molecule has 0 bridgehead atoms. The van der Waals surface area contributed by atoms with Crippen molar-refractivity contribution in [3.8, 4) is 17.6 Å². The minimum absolute atomic E-state index is 0.0788. The molecule has 0 atom stereocenters. The molecule has 2 N–H and O–H groups in total. The van der Waals surface area contributed by atoms with Crippen LogP contribution < -0.4 is 15.2 Å². The number of carbonyl (C=O) groups is 2. The van der Waals surface area contributed by atoms with Crippen molar-refractivity contribution in [2.45, 2.75) is 19.8 Å².